The number of anilines is 1. The fraction of sp³-hybridized carbons (Fsp3) is 0.467. The molecule has 2 aromatic rings. The van der Waals surface area contributed by atoms with Gasteiger partial charge in [0.25, 0.3) is 11.5 Å². The Balaban J connectivity index is 1.73. The van der Waals surface area contributed by atoms with Crippen LogP contribution in [0.15, 0.2) is 17.3 Å². The van der Waals surface area contributed by atoms with Crippen LogP contribution in [0.5, 0.6) is 0 Å². The zero-order valence-electron chi connectivity index (χ0n) is 13.5. The van der Waals surface area contributed by atoms with Crippen LogP contribution >= 0.6 is 0 Å². The molecular weight excluding hydrogens is 315 g/mol. The molecule has 2 N–H and O–H groups in total. The lowest BCUT2D eigenvalue weighted by atomic mass is 10.1. The molecule has 1 saturated heterocycles. The van der Waals surface area contributed by atoms with E-state index < -0.39 is 11.4 Å². The SMILES string of the molecule is CC(C)c1nc(N2CCN(C(=O)c3cnc[nH]3)CC2)[nH]c(=O)c1F. The predicted molar refractivity (Wildman–Crippen MR) is 85.6 cm³/mol. The first-order chi connectivity index (χ1) is 11.5. The van der Waals surface area contributed by atoms with Gasteiger partial charge in [0.15, 0.2) is 0 Å². The summed E-state index contributed by atoms with van der Waals surface area (Å²) in [4.78, 5) is 40.9. The number of carbonyl (C=O) groups is 1. The Morgan fingerprint density at radius 3 is 2.58 bits per heavy atom. The van der Waals surface area contributed by atoms with Crippen LogP contribution in [-0.4, -0.2) is 56.9 Å². The molecule has 0 unspecified atom stereocenters. The topological polar surface area (TPSA) is 98.0 Å². The van der Waals surface area contributed by atoms with Crippen LogP contribution in [-0.2, 0) is 0 Å². The van der Waals surface area contributed by atoms with Crippen molar-refractivity contribution in [2.24, 2.45) is 0 Å². The molecule has 2 aromatic heterocycles. The lowest BCUT2D eigenvalue weighted by Gasteiger charge is -2.34. The van der Waals surface area contributed by atoms with E-state index in [0.29, 0.717) is 37.8 Å². The van der Waals surface area contributed by atoms with Crippen molar-refractivity contribution in [1.82, 2.24) is 24.8 Å². The number of nitrogens with zero attached hydrogens (tertiary/aromatic N) is 4. The van der Waals surface area contributed by atoms with E-state index in [9.17, 15) is 14.0 Å². The molecule has 0 radical (unpaired) electrons. The van der Waals surface area contributed by atoms with Crippen molar-refractivity contribution in [3.05, 3.63) is 40.1 Å². The minimum absolute atomic E-state index is 0.115. The summed E-state index contributed by atoms with van der Waals surface area (Å²) in [6.45, 7) is 5.55. The molecule has 0 aliphatic carbocycles. The summed E-state index contributed by atoms with van der Waals surface area (Å²) >= 11 is 0. The van der Waals surface area contributed by atoms with Crippen molar-refractivity contribution in [2.75, 3.05) is 31.1 Å². The van der Waals surface area contributed by atoms with Crippen molar-refractivity contribution in [3.8, 4) is 0 Å². The van der Waals surface area contributed by atoms with Crippen molar-refractivity contribution in [3.63, 3.8) is 0 Å². The van der Waals surface area contributed by atoms with Gasteiger partial charge < -0.3 is 14.8 Å². The van der Waals surface area contributed by atoms with Gasteiger partial charge in [-0.25, -0.2) is 9.97 Å². The van der Waals surface area contributed by atoms with Crippen molar-refractivity contribution in [1.29, 1.82) is 0 Å². The molecule has 3 rings (SSSR count). The van der Waals surface area contributed by atoms with Crippen LogP contribution in [0.3, 0.4) is 0 Å². The molecule has 1 aliphatic heterocycles. The van der Waals surface area contributed by atoms with E-state index in [1.165, 1.54) is 12.5 Å². The largest absolute Gasteiger partial charge is 0.341 e. The maximum atomic E-state index is 13.8. The van der Waals surface area contributed by atoms with E-state index in [1.54, 1.807) is 18.7 Å². The number of piperazine rings is 1. The summed E-state index contributed by atoms with van der Waals surface area (Å²) in [7, 11) is 0. The number of aromatic amines is 2. The third-order valence-electron chi connectivity index (χ3n) is 4.02. The molecule has 0 saturated carbocycles. The number of halogens is 1. The van der Waals surface area contributed by atoms with E-state index in [4.69, 9.17) is 0 Å². The van der Waals surface area contributed by atoms with Crippen LogP contribution in [0, 0.1) is 5.82 Å². The van der Waals surface area contributed by atoms with Gasteiger partial charge in [-0.05, 0) is 5.92 Å². The normalized spacial score (nSPS) is 15.2. The fourth-order valence-electron chi connectivity index (χ4n) is 2.66. The van der Waals surface area contributed by atoms with E-state index >= 15 is 0 Å². The average Bonchev–Trinajstić information content (AvgIpc) is 3.11. The van der Waals surface area contributed by atoms with Crippen LogP contribution in [0.1, 0.15) is 35.9 Å². The Morgan fingerprint density at radius 1 is 1.29 bits per heavy atom. The Kier molecular flexibility index (Phi) is 4.32. The number of carbonyl (C=O) groups excluding carboxylic acids is 1. The highest BCUT2D eigenvalue weighted by Gasteiger charge is 2.25. The van der Waals surface area contributed by atoms with Gasteiger partial charge in [-0.15, -0.1) is 0 Å². The lowest BCUT2D eigenvalue weighted by Crippen LogP contribution is -2.49. The molecule has 0 aromatic carbocycles. The number of amides is 1. The zero-order valence-corrected chi connectivity index (χ0v) is 13.5. The number of imidazole rings is 1. The highest BCUT2D eigenvalue weighted by Crippen LogP contribution is 2.17. The number of hydrogen-bond acceptors (Lipinski definition) is 5. The van der Waals surface area contributed by atoms with Gasteiger partial charge in [-0.1, -0.05) is 13.8 Å². The number of rotatable bonds is 3. The first-order valence-electron chi connectivity index (χ1n) is 7.79. The maximum absolute atomic E-state index is 13.8. The van der Waals surface area contributed by atoms with E-state index in [-0.39, 0.29) is 17.5 Å². The van der Waals surface area contributed by atoms with E-state index in [1.807, 2.05) is 4.90 Å². The minimum atomic E-state index is -0.832. The van der Waals surface area contributed by atoms with E-state index in [0.717, 1.165) is 0 Å². The first-order valence-corrected chi connectivity index (χ1v) is 7.79. The van der Waals surface area contributed by atoms with Gasteiger partial charge in [0.05, 0.1) is 18.2 Å². The summed E-state index contributed by atoms with van der Waals surface area (Å²) < 4.78 is 13.8. The standard InChI is InChI=1S/C15H19FN6O2/c1-9(2)12-11(16)13(23)20-15(19-12)22-5-3-21(4-6-22)14(24)10-7-17-8-18-10/h7-9H,3-6H2,1-2H3,(H,17,18)(H,19,20,23). The highest BCUT2D eigenvalue weighted by molar-refractivity contribution is 5.92. The van der Waals surface area contributed by atoms with Gasteiger partial charge in [-0.2, -0.15) is 4.39 Å². The van der Waals surface area contributed by atoms with Crippen molar-refractivity contribution in [2.45, 2.75) is 19.8 Å². The van der Waals surface area contributed by atoms with Crippen molar-refractivity contribution < 1.29 is 9.18 Å². The van der Waals surface area contributed by atoms with Gasteiger partial charge in [-0.3, -0.25) is 14.6 Å². The molecular formula is C15H19FN6O2. The van der Waals surface area contributed by atoms with Crippen LogP contribution in [0.2, 0.25) is 0 Å². The van der Waals surface area contributed by atoms with Crippen LogP contribution in [0.4, 0.5) is 10.3 Å². The number of H-pyrrole nitrogens is 2. The van der Waals surface area contributed by atoms with Gasteiger partial charge in [0.2, 0.25) is 11.8 Å². The maximum Gasteiger partial charge on any atom is 0.288 e. The summed E-state index contributed by atoms with van der Waals surface area (Å²) in [5.74, 6) is -0.787. The van der Waals surface area contributed by atoms with Gasteiger partial charge in [0, 0.05) is 26.2 Å². The summed E-state index contributed by atoms with van der Waals surface area (Å²) in [6, 6.07) is 0. The quantitative estimate of drug-likeness (QED) is 0.862. The lowest BCUT2D eigenvalue weighted by molar-refractivity contribution is 0.0741. The highest BCUT2D eigenvalue weighted by atomic mass is 19.1. The fourth-order valence-corrected chi connectivity index (χ4v) is 2.66. The van der Waals surface area contributed by atoms with Crippen LogP contribution in [0.25, 0.3) is 0 Å². The van der Waals surface area contributed by atoms with Crippen molar-refractivity contribution >= 4 is 11.9 Å². The predicted octanol–water partition coefficient (Wildman–Crippen LogP) is 0.718. The molecule has 24 heavy (non-hydrogen) atoms. The Morgan fingerprint density at radius 2 is 2.00 bits per heavy atom. The number of hydrogen-bond donors (Lipinski definition) is 2. The molecule has 0 atom stereocenters. The molecule has 3 heterocycles. The molecule has 0 spiro atoms. The molecule has 8 nitrogen and oxygen atoms in total. The summed E-state index contributed by atoms with van der Waals surface area (Å²) in [5, 5.41) is 0. The van der Waals surface area contributed by atoms with Gasteiger partial charge in [0.1, 0.15) is 5.69 Å². The molecule has 0 bridgehead atoms. The van der Waals surface area contributed by atoms with Gasteiger partial charge >= 0.3 is 0 Å². The van der Waals surface area contributed by atoms with E-state index in [2.05, 4.69) is 19.9 Å². The smallest absolute Gasteiger partial charge is 0.288 e. The second-order valence-electron chi connectivity index (χ2n) is 5.99. The monoisotopic (exact) mass is 334 g/mol. The zero-order chi connectivity index (χ0) is 17.3. The summed E-state index contributed by atoms with van der Waals surface area (Å²) in [6.07, 6.45) is 2.95. The third kappa shape index (κ3) is 3.01. The second-order valence-corrected chi connectivity index (χ2v) is 5.99. The first kappa shape index (κ1) is 16.2. The number of aromatic nitrogens is 4. The Hall–Kier alpha value is -2.71. The molecule has 9 heteroatoms. The Bertz CT molecular complexity index is 778. The molecule has 128 valence electrons. The second kappa shape index (κ2) is 6.42. The molecule has 1 amide bonds. The van der Waals surface area contributed by atoms with Crippen LogP contribution < -0.4 is 10.5 Å². The number of nitrogens with one attached hydrogen (secondary N) is 2. The minimum Gasteiger partial charge on any atom is -0.341 e. The summed E-state index contributed by atoms with van der Waals surface area (Å²) in [5.41, 5.74) is -0.164. The molecule has 1 aliphatic rings. The molecule has 1 fully saturated rings. The Labute approximate surface area is 137 Å². The third-order valence-corrected chi connectivity index (χ3v) is 4.02. The average molecular weight is 334 g/mol.